The number of carbonyl (C=O) groups excluding carboxylic acids is 2. The smallest absolute Gasteiger partial charge is 0.340 e. The summed E-state index contributed by atoms with van der Waals surface area (Å²) >= 11 is 3.36. The number of ether oxygens (including phenoxy) is 3. The Balaban J connectivity index is 1.68. The van der Waals surface area contributed by atoms with Crippen LogP contribution in [0.3, 0.4) is 0 Å². The highest BCUT2D eigenvalue weighted by Gasteiger charge is 2.32. The van der Waals surface area contributed by atoms with E-state index in [1.165, 1.54) is 37.8 Å². The zero-order valence-corrected chi connectivity index (χ0v) is 21.6. The van der Waals surface area contributed by atoms with E-state index in [0.29, 0.717) is 29.9 Å². The molecule has 1 aliphatic rings. The standard InChI is InChI=1S/C23H27BrN2O7S/c1-31-20-12-18(23(28)33-3)19(13-21(20)32-2)25-22(27)16-7-9-26(10-8-16)34(29,30)14-15-5-4-6-17(24)11-15/h4-6,11-13,16H,7-10,14H2,1-3H3,(H,25,27). The summed E-state index contributed by atoms with van der Waals surface area (Å²) < 4.78 is 43.3. The summed E-state index contributed by atoms with van der Waals surface area (Å²) in [4.78, 5) is 25.2. The first-order valence-electron chi connectivity index (χ1n) is 10.6. The normalized spacial score (nSPS) is 14.9. The van der Waals surface area contributed by atoms with Crippen molar-refractivity contribution in [1.29, 1.82) is 0 Å². The zero-order chi connectivity index (χ0) is 24.9. The summed E-state index contributed by atoms with van der Waals surface area (Å²) in [5.74, 6) is -0.775. The molecule has 1 saturated heterocycles. The lowest BCUT2D eigenvalue weighted by Crippen LogP contribution is -2.42. The molecule has 0 unspecified atom stereocenters. The number of methoxy groups -OCH3 is 3. The van der Waals surface area contributed by atoms with Crippen LogP contribution in [0.15, 0.2) is 40.9 Å². The molecule has 0 spiro atoms. The molecule has 0 saturated carbocycles. The van der Waals surface area contributed by atoms with E-state index in [-0.39, 0.29) is 36.0 Å². The third kappa shape index (κ3) is 6.08. The highest BCUT2D eigenvalue weighted by Crippen LogP contribution is 2.34. The molecule has 184 valence electrons. The molecule has 2 aromatic carbocycles. The van der Waals surface area contributed by atoms with Gasteiger partial charge in [-0.3, -0.25) is 4.79 Å². The SMILES string of the molecule is COC(=O)c1cc(OC)c(OC)cc1NC(=O)C1CCN(S(=O)(=O)Cc2cccc(Br)c2)CC1. The van der Waals surface area contributed by atoms with Crippen LogP contribution in [0.1, 0.15) is 28.8 Å². The molecule has 0 bridgehead atoms. The fourth-order valence-corrected chi connectivity index (χ4v) is 5.82. The number of halogens is 1. The van der Waals surface area contributed by atoms with Crippen LogP contribution < -0.4 is 14.8 Å². The molecule has 9 nitrogen and oxygen atoms in total. The van der Waals surface area contributed by atoms with Gasteiger partial charge in [0.25, 0.3) is 0 Å². The van der Waals surface area contributed by atoms with Crippen molar-refractivity contribution >= 4 is 43.5 Å². The maximum atomic E-state index is 13.0. The number of anilines is 1. The van der Waals surface area contributed by atoms with Crippen LogP contribution >= 0.6 is 15.9 Å². The molecule has 1 heterocycles. The molecule has 1 aliphatic heterocycles. The minimum absolute atomic E-state index is 0.0998. The minimum atomic E-state index is -3.51. The average molecular weight is 555 g/mol. The number of piperidine rings is 1. The van der Waals surface area contributed by atoms with E-state index in [2.05, 4.69) is 21.2 Å². The molecule has 1 amide bonds. The van der Waals surface area contributed by atoms with E-state index in [1.54, 1.807) is 18.2 Å². The molecule has 34 heavy (non-hydrogen) atoms. The zero-order valence-electron chi connectivity index (χ0n) is 19.2. The Hall–Kier alpha value is -2.63. The van der Waals surface area contributed by atoms with E-state index in [0.717, 1.165) is 4.47 Å². The van der Waals surface area contributed by atoms with Crippen LogP contribution in [-0.2, 0) is 25.3 Å². The van der Waals surface area contributed by atoms with Crippen molar-refractivity contribution in [2.75, 3.05) is 39.7 Å². The van der Waals surface area contributed by atoms with Crippen LogP contribution in [0.2, 0.25) is 0 Å². The number of nitrogens with one attached hydrogen (secondary N) is 1. The molecule has 0 aromatic heterocycles. The topological polar surface area (TPSA) is 111 Å². The quantitative estimate of drug-likeness (QED) is 0.497. The van der Waals surface area contributed by atoms with Crippen molar-refractivity contribution in [3.63, 3.8) is 0 Å². The third-order valence-electron chi connectivity index (χ3n) is 5.64. The maximum absolute atomic E-state index is 13.0. The summed E-state index contributed by atoms with van der Waals surface area (Å²) in [5, 5.41) is 2.77. The molecule has 2 aromatic rings. The molecule has 11 heteroatoms. The van der Waals surface area contributed by atoms with Crippen molar-refractivity contribution in [2.45, 2.75) is 18.6 Å². The van der Waals surface area contributed by atoms with E-state index in [9.17, 15) is 18.0 Å². The second-order valence-electron chi connectivity index (χ2n) is 7.79. The molecular formula is C23H27BrN2O7S. The summed E-state index contributed by atoms with van der Waals surface area (Å²) in [6.07, 6.45) is 0.731. The van der Waals surface area contributed by atoms with Gasteiger partial charge in [0.1, 0.15) is 0 Å². The predicted molar refractivity (Wildman–Crippen MR) is 131 cm³/mol. The van der Waals surface area contributed by atoms with Gasteiger partial charge in [0, 0.05) is 35.6 Å². The van der Waals surface area contributed by atoms with Crippen molar-refractivity contribution in [2.24, 2.45) is 5.92 Å². The van der Waals surface area contributed by atoms with Crippen LogP contribution in [0.4, 0.5) is 5.69 Å². The predicted octanol–water partition coefficient (Wildman–Crippen LogP) is 3.43. The molecule has 1 N–H and O–H groups in total. The Kier molecular flexibility index (Phi) is 8.56. The lowest BCUT2D eigenvalue weighted by Gasteiger charge is -2.30. The Bertz CT molecular complexity index is 1160. The average Bonchev–Trinajstić information content (AvgIpc) is 2.83. The summed E-state index contributed by atoms with van der Waals surface area (Å²) in [7, 11) is 0.625. The lowest BCUT2D eigenvalue weighted by atomic mass is 9.97. The van der Waals surface area contributed by atoms with E-state index < -0.39 is 21.9 Å². The lowest BCUT2D eigenvalue weighted by molar-refractivity contribution is -0.120. The molecule has 1 fully saturated rings. The van der Waals surface area contributed by atoms with Crippen LogP contribution in [0.25, 0.3) is 0 Å². The Morgan fingerprint density at radius 1 is 1.06 bits per heavy atom. The molecule has 0 radical (unpaired) electrons. The first kappa shape index (κ1) is 26.0. The van der Waals surface area contributed by atoms with Crippen LogP contribution in [0, 0.1) is 5.92 Å². The van der Waals surface area contributed by atoms with Gasteiger partial charge >= 0.3 is 5.97 Å². The van der Waals surface area contributed by atoms with E-state index in [1.807, 2.05) is 6.07 Å². The number of rotatable bonds is 8. The Morgan fingerprint density at radius 3 is 2.29 bits per heavy atom. The van der Waals surface area contributed by atoms with Gasteiger partial charge in [0.2, 0.25) is 15.9 Å². The van der Waals surface area contributed by atoms with Crippen molar-refractivity contribution < 1.29 is 32.2 Å². The number of hydrogen-bond donors (Lipinski definition) is 1. The maximum Gasteiger partial charge on any atom is 0.340 e. The van der Waals surface area contributed by atoms with Gasteiger partial charge in [-0.1, -0.05) is 28.1 Å². The largest absolute Gasteiger partial charge is 0.493 e. The van der Waals surface area contributed by atoms with Crippen LogP contribution in [-0.4, -0.2) is 59.0 Å². The second kappa shape index (κ2) is 11.2. The fraction of sp³-hybridized carbons (Fsp3) is 0.391. The molecule has 3 rings (SSSR count). The number of hydrogen-bond acceptors (Lipinski definition) is 7. The highest BCUT2D eigenvalue weighted by atomic mass is 79.9. The first-order valence-corrected chi connectivity index (χ1v) is 13.0. The number of benzene rings is 2. The summed E-state index contributed by atoms with van der Waals surface area (Å²) in [5.41, 5.74) is 1.06. The van der Waals surface area contributed by atoms with Gasteiger partial charge in [-0.15, -0.1) is 0 Å². The number of sulfonamides is 1. The van der Waals surface area contributed by atoms with Gasteiger partial charge < -0.3 is 19.5 Å². The van der Waals surface area contributed by atoms with Crippen LogP contribution in [0.5, 0.6) is 11.5 Å². The molecular weight excluding hydrogens is 528 g/mol. The Morgan fingerprint density at radius 2 is 1.71 bits per heavy atom. The first-order chi connectivity index (χ1) is 16.2. The summed E-state index contributed by atoms with van der Waals surface area (Å²) in [6, 6.07) is 10.1. The van der Waals surface area contributed by atoms with Gasteiger partial charge in [-0.2, -0.15) is 0 Å². The van der Waals surface area contributed by atoms with E-state index >= 15 is 0 Å². The third-order valence-corrected chi connectivity index (χ3v) is 7.99. The van der Waals surface area contributed by atoms with Gasteiger partial charge in [0.05, 0.1) is 38.3 Å². The van der Waals surface area contributed by atoms with Gasteiger partial charge in [-0.05, 0) is 30.5 Å². The monoisotopic (exact) mass is 554 g/mol. The van der Waals surface area contributed by atoms with E-state index in [4.69, 9.17) is 14.2 Å². The van der Waals surface area contributed by atoms with Gasteiger partial charge in [-0.25, -0.2) is 17.5 Å². The molecule has 0 atom stereocenters. The van der Waals surface area contributed by atoms with Crippen molar-refractivity contribution in [3.8, 4) is 11.5 Å². The number of nitrogens with zero attached hydrogens (tertiary/aromatic N) is 1. The fourth-order valence-electron chi connectivity index (χ4n) is 3.82. The van der Waals surface area contributed by atoms with Crippen molar-refractivity contribution in [1.82, 2.24) is 4.31 Å². The molecule has 0 aliphatic carbocycles. The Labute approximate surface area is 207 Å². The highest BCUT2D eigenvalue weighted by molar-refractivity contribution is 9.10. The second-order valence-corrected chi connectivity index (χ2v) is 10.7. The summed E-state index contributed by atoms with van der Waals surface area (Å²) in [6.45, 7) is 0.481. The number of esters is 1. The van der Waals surface area contributed by atoms with Crippen molar-refractivity contribution in [3.05, 3.63) is 52.0 Å². The number of amides is 1. The van der Waals surface area contributed by atoms with Gasteiger partial charge in [0.15, 0.2) is 11.5 Å². The minimum Gasteiger partial charge on any atom is -0.493 e. The number of carbonyl (C=O) groups is 2.